The zero-order valence-corrected chi connectivity index (χ0v) is 14.2. The van der Waals surface area contributed by atoms with E-state index in [0.717, 1.165) is 12.0 Å². The molecule has 1 aromatic carbocycles. The van der Waals surface area contributed by atoms with Crippen LogP contribution >= 0.6 is 0 Å². The Morgan fingerprint density at radius 3 is 2.29 bits per heavy atom. The Balaban J connectivity index is 1.96. The second kappa shape index (κ2) is 6.08. The van der Waals surface area contributed by atoms with Gasteiger partial charge in [0.05, 0.1) is 0 Å². The van der Waals surface area contributed by atoms with E-state index in [-0.39, 0.29) is 5.82 Å². The van der Waals surface area contributed by atoms with E-state index in [4.69, 9.17) is 0 Å². The zero-order chi connectivity index (χ0) is 15.7. The van der Waals surface area contributed by atoms with Crippen LogP contribution in [0.4, 0.5) is 4.39 Å². The highest BCUT2D eigenvalue weighted by Gasteiger charge is 2.38. The van der Waals surface area contributed by atoms with Crippen molar-refractivity contribution < 1.29 is 4.39 Å². The molecule has 118 valence electrons. The Labute approximate surface area is 129 Å². The summed E-state index contributed by atoms with van der Waals surface area (Å²) < 4.78 is 13.7. The molecule has 1 saturated carbocycles. The Bertz CT molecular complexity index is 462. The number of hydrogen-bond donors (Lipinski definition) is 1. The number of halogens is 1. The van der Waals surface area contributed by atoms with E-state index in [9.17, 15) is 4.39 Å². The van der Waals surface area contributed by atoms with Crippen LogP contribution in [0.15, 0.2) is 24.3 Å². The highest BCUT2D eigenvalue weighted by molar-refractivity contribution is 5.18. The molecule has 2 rings (SSSR count). The summed E-state index contributed by atoms with van der Waals surface area (Å²) in [6.07, 6.45) is 4.44. The first kappa shape index (κ1) is 16.5. The first-order valence-electron chi connectivity index (χ1n) is 8.16. The molecule has 1 nitrogen and oxygen atoms in total. The third-order valence-electron chi connectivity index (χ3n) is 4.56. The molecule has 0 amide bonds. The molecule has 1 fully saturated rings. The summed E-state index contributed by atoms with van der Waals surface area (Å²) >= 11 is 0. The van der Waals surface area contributed by atoms with Gasteiger partial charge in [0.25, 0.3) is 0 Å². The summed E-state index contributed by atoms with van der Waals surface area (Å²) in [5.74, 6) is -0.0875. The van der Waals surface area contributed by atoms with Crippen LogP contribution in [0.1, 0.15) is 59.4 Å². The Morgan fingerprint density at radius 2 is 1.71 bits per heavy atom. The Hall–Kier alpha value is -0.890. The lowest BCUT2D eigenvalue weighted by Gasteiger charge is -2.46. The second-order valence-electron chi connectivity index (χ2n) is 8.47. The summed E-state index contributed by atoms with van der Waals surface area (Å²) in [6, 6.07) is 7.94. The topological polar surface area (TPSA) is 12.0 Å². The van der Waals surface area contributed by atoms with Crippen LogP contribution in [-0.2, 0) is 6.42 Å². The van der Waals surface area contributed by atoms with Crippen molar-refractivity contribution in [1.82, 2.24) is 5.32 Å². The third kappa shape index (κ3) is 4.81. The van der Waals surface area contributed by atoms with E-state index >= 15 is 0 Å². The molecule has 0 aliphatic heterocycles. The molecule has 1 aliphatic carbocycles. The van der Waals surface area contributed by atoms with Gasteiger partial charge in [-0.25, -0.2) is 4.39 Å². The average Bonchev–Trinajstić information content (AvgIpc) is 2.27. The minimum absolute atomic E-state index is 0.0875. The molecule has 0 aromatic heterocycles. The third-order valence-corrected chi connectivity index (χ3v) is 4.56. The van der Waals surface area contributed by atoms with Gasteiger partial charge in [0.15, 0.2) is 0 Å². The van der Waals surface area contributed by atoms with Crippen molar-refractivity contribution in [3.8, 4) is 0 Å². The second-order valence-corrected chi connectivity index (χ2v) is 8.47. The van der Waals surface area contributed by atoms with Gasteiger partial charge >= 0.3 is 0 Å². The lowest BCUT2D eigenvalue weighted by molar-refractivity contribution is 0.0811. The van der Waals surface area contributed by atoms with Gasteiger partial charge in [-0.05, 0) is 55.1 Å². The number of rotatable bonds is 4. The SMILES string of the molecule is CC(Cc1ccccc1F)NC1CC(C)(C)CC(C)(C)C1. The molecule has 1 aliphatic rings. The van der Waals surface area contributed by atoms with Crippen molar-refractivity contribution in [2.24, 2.45) is 10.8 Å². The fourth-order valence-corrected chi connectivity index (χ4v) is 4.42. The van der Waals surface area contributed by atoms with Gasteiger partial charge in [-0.3, -0.25) is 0 Å². The average molecular weight is 291 g/mol. The van der Waals surface area contributed by atoms with E-state index in [1.807, 2.05) is 12.1 Å². The highest BCUT2D eigenvalue weighted by Crippen LogP contribution is 2.45. The molecule has 0 radical (unpaired) electrons. The Kier molecular flexibility index (Phi) is 4.77. The van der Waals surface area contributed by atoms with E-state index in [1.54, 1.807) is 12.1 Å². The summed E-state index contributed by atoms with van der Waals surface area (Å²) in [5.41, 5.74) is 1.58. The smallest absolute Gasteiger partial charge is 0.126 e. The van der Waals surface area contributed by atoms with Gasteiger partial charge < -0.3 is 5.32 Å². The molecule has 2 heteroatoms. The molecule has 1 N–H and O–H groups in total. The van der Waals surface area contributed by atoms with E-state index in [0.29, 0.717) is 22.9 Å². The first-order valence-corrected chi connectivity index (χ1v) is 8.16. The molecule has 0 heterocycles. The lowest BCUT2D eigenvalue weighted by Crippen LogP contribution is -2.47. The predicted molar refractivity (Wildman–Crippen MR) is 87.9 cm³/mol. The van der Waals surface area contributed by atoms with Crippen molar-refractivity contribution in [3.05, 3.63) is 35.6 Å². The maximum Gasteiger partial charge on any atom is 0.126 e. The monoisotopic (exact) mass is 291 g/mol. The molecule has 0 saturated heterocycles. The first-order chi connectivity index (χ1) is 9.67. The van der Waals surface area contributed by atoms with Crippen LogP contribution in [0.5, 0.6) is 0 Å². The van der Waals surface area contributed by atoms with Crippen molar-refractivity contribution in [2.75, 3.05) is 0 Å². The molecular formula is C19H30FN. The van der Waals surface area contributed by atoms with Gasteiger partial charge in [-0.2, -0.15) is 0 Å². The molecule has 21 heavy (non-hydrogen) atoms. The van der Waals surface area contributed by atoms with Crippen LogP contribution in [-0.4, -0.2) is 12.1 Å². The van der Waals surface area contributed by atoms with Crippen LogP contribution in [0.3, 0.4) is 0 Å². The van der Waals surface area contributed by atoms with Gasteiger partial charge in [0.2, 0.25) is 0 Å². The largest absolute Gasteiger partial charge is 0.311 e. The van der Waals surface area contributed by atoms with Crippen molar-refractivity contribution >= 4 is 0 Å². The Morgan fingerprint density at radius 1 is 1.14 bits per heavy atom. The van der Waals surface area contributed by atoms with Crippen molar-refractivity contribution in [2.45, 2.75) is 72.4 Å². The maximum atomic E-state index is 13.7. The predicted octanol–water partition coefficient (Wildman–Crippen LogP) is 4.95. The fraction of sp³-hybridized carbons (Fsp3) is 0.684. The van der Waals surface area contributed by atoms with Crippen LogP contribution in [0.2, 0.25) is 0 Å². The number of hydrogen-bond acceptors (Lipinski definition) is 1. The molecule has 0 spiro atoms. The maximum absolute atomic E-state index is 13.7. The lowest BCUT2D eigenvalue weighted by atomic mass is 9.63. The minimum atomic E-state index is -0.0875. The number of nitrogens with one attached hydrogen (secondary N) is 1. The van der Waals surface area contributed by atoms with Gasteiger partial charge in [0, 0.05) is 12.1 Å². The molecule has 0 bridgehead atoms. The standard InChI is InChI=1S/C19H30FN/c1-14(10-15-8-6-7-9-17(15)20)21-16-11-18(2,3)13-19(4,5)12-16/h6-9,14,16,21H,10-13H2,1-5H3. The zero-order valence-electron chi connectivity index (χ0n) is 14.2. The summed E-state index contributed by atoms with van der Waals surface area (Å²) in [5, 5.41) is 3.74. The van der Waals surface area contributed by atoms with E-state index in [1.165, 1.54) is 19.3 Å². The van der Waals surface area contributed by atoms with Crippen LogP contribution in [0.25, 0.3) is 0 Å². The van der Waals surface area contributed by atoms with Crippen molar-refractivity contribution in [1.29, 1.82) is 0 Å². The minimum Gasteiger partial charge on any atom is -0.311 e. The van der Waals surface area contributed by atoms with E-state index in [2.05, 4.69) is 39.9 Å². The highest BCUT2D eigenvalue weighted by atomic mass is 19.1. The summed E-state index contributed by atoms with van der Waals surface area (Å²) in [6.45, 7) is 11.6. The normalized spacial score (nSPS) is 23.0. The molecule has 1 unspecified atom stereocenters. The molecule has 1 aromatic rings. The van der Waals surface area contributed by atoms with Crippen LogP contribution < -0.4 is 5.32 Å². The molecule has 1 atom stereocenters. The molecular weight excluding hydrogens is 261 g/mol. The summed E-state index contributed by atoms with van der Waals surface area (Å²) in [7, 11) is 0. The van der Waals surface area contributed by atoms with Crippen molar-refractivity contribution in [3.63, 3.8) is 0 Å². The van der Waals surface area contributed by atoms with E-state index < -0.39 is 0 Å². The quantitative estimate of drug-likeness (QED) is 0.827. The van der Waals surface area contributed by atoms with Gasteiger partial charge in [-0.1, -0.05) is 45.9 Å². The summed E-state index contributed by atoms with van der Waals surface area (Å²) in [4.78, 5) is 0. The fourth-order valence-electron chi connectivity index (χ4n) is 4.42. The van der Waals surface area contributed by atoms with Gasteiger partial charge in [0.1, 0.15) is 5.82 Å². The number of benzene rings is 1. The van der Waals surface area contributed by atoms with Crippen LogP contribution in [0, 0.1) is 16.6 Å². The van der Waals surface area contributed by atoms with Gasteiger partial charge in [-0.15, -0.1) is 0 Å².